The lowest BCUT2D eigenvalue weighted by atomic mass is 10.1. The number of carboxylic acid groups (broad SMARTS) is 1. The van der Waals surface area contributed by atoms with Crippen LogP contribution in [0.3, 0.4) is 0 Å². The van der Waals surface area contributed by atoms with Gasteiger partial charge in [0.1, 0.15) is 6.04 Å². The number of nitrogens with zero attached hydrogens (tertiary/aromatic N) is 1. The number of hydrogen-bond donors (Lipinski definition) is 2. The maximum Gasteiger partial charge on any atom is 0.322 e. The minimum absolute atomic E-state index is 0.291. The fourth-order valence-corrected chi connectivity index (χ4v) is 1.73. The topological polar surface area (TPSA) is 66.6 Å². The molecule has 0 bridgehead atoms. The van der Waals surface area contributed by atoms with Crippen molar-refractivity contribution < 1.29 is 9.90 Å². The molecule has 1 fully saturated rings. The summed E-state index contributed by atoms with van der Waals surface area (Å²) in [5.74, 6) is -0.799. The fourth-order valence-electron chi connectivity index (χ4n) is 1.73. The van der Waals surface area contributed by atoms with E-state index >= 15 is 0 Å². The van der Waals surface area contributed by atoms with E-state index in [0.29, 0.717) is 0 Å². The van der Waals surface area contributed by atoms with Gasteiger partial charge in [0.05, 0.1) is 0 Å². The van der Waals surface area contributed by atoms with E-state index in [1.54, 1.807) is 6.92 Å². The number of aliphatic carboxylic acids is 1. The lowest BCUT2D eigenvalue weighted by Crippen LogP contribution is -2.50. The van der Waals surface area contributed by atoms with Gasteiger partial charge in [0, 0.05) is 6.04 Å². The zero-order chi connectivity index (χ0) is 9.14. The van der Waals surface area contributed by atoms with Crippen molar-refractivity contribution in [2.45, 2.75) is 31.8 Å². The Morgan fingerprint density at radius 1 is 1.50 bits per heavy atom. The van der Waals surface area contributed by atoms with Crippen LogP contribution < -0.4 is 5.73 Å². The summed E-state index contributed by atoms with van der Waals surface area (Å²) in [6, 6.07) is -0.784. The summed E-state index contributed by atoms with van der Waals surface area (Å²) in [6.45, 7) is 3.49. The van der Waals surface area contributed by atoms with Crippen molar-refractivity contribution >= 4 is 5.97 Å². The summed E-state index contributed by atoms with van der Waals surface area (Å²) in [4.78, 5) is 12.8. The van der Waals surface area contributed by atoms with Gasteiger partial charge < -0.3 is 10.8 Å². The van der Waals surface area contributed by atoms with Crippen molar-refractivity contribution in [2.75, 3.05) is 13.1 Å². The van der Waals surface area contributed by atoms with Crippen LogP contribution in [-0.2, 0) is 4.79 Å². The highest BCUT2D eigenvalue weighted by Gasteiger charge is 2.30. The largest absolute Gasteiger partial charge is 0.480 e. The molecule has 0 aliphatic carbocycles. The molecule has 0 radical (unpaired) electrons. The molecular weight excluding hydrogens is 156 g/mol. The predicted molar refractivity (Wildman–Crippen MR) is 45.9 cm³/mol. The monoisotopic (exact) mass is 172 g/mol. The Bertz CT molecular complexity index is 164. The molecule has 0 aromatic heterocycles. The van der Waals surface area contributed by atoms with Crippen LogP contribution >= 0.6 is 0 Å². The Kier molecular flexibility index (Phi) is 3.05. The first-order valence-corrected chi connectivity index (χ1v) is 4.35. The molecule has 0 aromatic rings. The average Bonchev–Trinajstić information content (AvgIpc) is 2.37. The fraction of sp³-hybridized carbons (Fsp3) is 0.875. The van der Waals surface area contributed by atoms with Crippen molar-refractivity contribution in [1.82, 2.24) is 4.90 Å². The first kappa shape index (κ1) is 9.48. The molecule has 1 saturated heterocycles. The Morgan fingerprint density at radius 3 is 2.33 bits per heavy atom. The predicted octanol–water partition coefficient (Wildman–Crippen LogP) is -0.117. The zero-order valence-electron chi connectivity index (χ0n) is 7.36. The van der Waals surface area contributed by atoms with E-state index in [1.165, 1.54) is 0 Å². The molecule has 1 rings (SSSR count). The minimum Gasteiger partial charge on any atom is -0.480 e. The second-order valence-corrected chi connectivity index (χ2v) is 3.39. The molecule has 1 heterocycles. The Balaban J connectivity index is 2.58. The second kappa shape index (κ2) is 3.87. The standard InChI is InChI=1S/C8H16N2O2/c1-6(9)7(8(11)12)10-4-2-3-5-10/h6-7H,2-5,9H2,1H3,(H,11,12). The van der Waals surface area contributed by atoms with Crippen LogP contribution in [0.5, 0.6) is 0 Å². The molecule has 0 amide bonds. The van der Waals surface area contributed by atoms with Crippen LogP contribution in [0, 0.1) is 0 Å². The highest BCUT2D eigenvalue weighted by Crippen LogP contribution is 2.13. The van der Waals surface area contributed by atoms with Crippen LogP contribution in [0.15, 0.2) is 0 Å². The number of hydrogen-bond acceptors (Lipinski definition) is 3. The highest BCUT2D eigenvalue weighted by molar-refractivity contribution is 5.74. The quantitative estimate of drug-likeness (QED) is 0.623. The molecule has 12 heavy (non-hydrogen) atoms. The van der Waals surface area contributed by atoms with Crippen molar-refractivity contribution in [3.05, 3.63) is 0 Å². The van der Waals surface area contributed by atoms with Gasteiger partial charge in [-0.15, -0.1) is 0 Å². The number of likely N-dealkylation sites (tertiary alicyclic amines) is 1. The van der Waals surface area contributed by atoms with Crippen molar-refractivity contribution in [2.24, 2.45) is 5.73 Å². The van der Waals surface area contributed by atoms with Gasteiger partial charge >= 0.3 is 5.97 Å². The molecule has 2 atom stereocenters. The lowest BCUT2D eigenvalue weighted by molar-refractivity contribution is -0.143. The Hall–Kier alpha value is -0.610. The molecule has 0 saturated carbocycles. The van der Waals surface area contributed by atoms with Crippen molar-refractivity contribution in [1.29, 1.82) is 0 Å². The van der Waals surface area contributed by atoms with Gasteiger partial charge in [-0.05, 0) is 32.9 Å². The third-order valence-electron chi connectivity index (χ3n) is 2.29. The lowest BCUT2D eigenvalue weighted by Gasteiger charge is -2.26. The van der Waals surface area contributed by atoms with Crippen LogP contribution in [0.2, 0.25) is 0 Å². The van der Waals surface area contributed by atoms with E-state index in [-0.39, 0.29) is 6.04 Å². The zero-order valence-corrected chi connectivity index (χ0v) is 7.36. The number of nitrogens with two attached hydrogens (primary N) is 1. The van der Waals surface area contributed by atoms with Crippen LogP contribution in [0.4, 0.5) is 0 Å². The maximum atomic E-state index is 10.8. The van der Waals surface area contributed by atoms with Gasteiger partial charge in [-0.2, -0.15) is 0 Å². The second-order valence-electron chi connectivity index (χ2n) is 3.39. The third kappa shape index (κ3) is 1.95. The molecule has 2 unspecified atom stereocenters. The van der Waals surface area contributed by atoms with Crippen LogP contribution in [0.25, 0.3) is 0 Å². The summed E-state index contributed by atoms with van der Waals surface area (Å²) in [5.41, 5.74) is 5.59. The molecule has 3 N–H and O–H groups in total. The Morgan fingerprint density at radius 2 is 2.00 bits per heavy atom. The average molecular weight is 172 g/mol. The third-order valence-corrected chi connectivity index (χ3v) is 2.29. The van der Waals surface area contributed by atoms with E-state index in [2.05, 4.69) is 0 Å². The maximum absolute atomic E-state index is 10.8. The number of rotatable bonds is 3. The summed E-state index contributed by atoms with van der Waals surface area (Å²) in [7, 11) is 0. The minimum atomic E-state index is -0.799. The van der Waals surface area contributed by atoms with E-state index in [9.17, 15) is 4.79 Å². The van der Waals surface area contributed by atoms with E-state index < -0.39 is 12.0 Å². The molecule has 1 aliphatic heterocycles. The van der Waals surface area contributed by atoms with Crippen molar-refractivity contribution in [3.8, 4) is 0 Å². The van der Waals surface area contributed by atoms with Gasteiger partial charge in [0.2, 0.25) is 0 Å². The van der Waals surface area contributed by atoms with Gasteiger partial charge in [-0.25, -0.2) is 0 Å². The summed E-state index contributed by atoms with van der Waals surface area (Å²) in [6.07, 6.45) is 2.19. The smallest absolute Gasteiger partial charge is 0.322 e. The summed E-state index contributed by atoms with van der Waals surface area (Å²) < 4.78 is 0. The number of carbonyl (C=O) groups is 1. The van der Waals surface area contributed by atoms with Crippen LogP contribution in [0.1, 0.15) is 19.8 Å². The molecule has 4 nitrogen and oxygen atoms in total. The van der Waals surface area contributed by atoms with Gasteiger partial charge in [-0.1, -0.05) is 0 Å². The molecule has 0 aromatic carbocycles. The first-order valence-electron chi connectivity index (χ1n) is 4.35. The highest BCUT2D eigenvalue weighted by atomic mass is 16.4. The van der Waals surface area contributed by atoms with Gasteiger partial charge in [0.15, 0.2) is 0 Å². The van der Waals surface area contributed by atoms with Crippen molar-refractivity contribution in [3.63, 3.8) is 0 Å². The van der Waals surface area contributed by atoms with Gasteiger partial charge in [-0.3, -0.25) is 9.69 Å². The molecular formula is C8H16N2O2. The Labute approximate surface area is 72.3 Å². The summed E-state index contributed by atoms with van der Waals surface area (Å²) >= 11 is 0. The molecule has 1 aliphatic rings. The molecule has 0 spiro atoms. The SMILES string of the molecule is CC(N)C(C(=O)O)N1CCCC1. The normalized spacial score (nSPS) is 23.8. The van der Waals surface area contributed by atoms with Gasteiger partial charge in [0.25, 0.3) is 0 Å². The molecule has 70 valence electrons. The number of carboxylic acids is 1. The van der Waals surface area contributed by atoms with E-state index in [0.717, 1.165) is 25.9 Å². The van der Waals surface area contributed by atoms with E-state index in [4.69, 9.17) is 10.8 Å². The first-order chi connectivity index (χ1) is 5.63. The van der Waals surface area contributed by atoms with E-state index in [1.807, 2.05) is 4.90 Å². The summed E-state index contributed by atoms with van der Waals surface area (Å²) in [5, 5.41) is 8.88. The molecule has 4 heteroatoms. The van der Waals surface area contributed by atoms with Crippen LogP contribution in [-0.4, -0.2) is 41.1 Å².